The number of hydrogen-bond donors (Lipinski definition) is 2. The van der Waals surface area contributed by atoms with Crippen LogP contribution >= 0.6 is 11.3 Å². The molecule has 4 heteroatoms. The van der Waals surface area contributed by atoms with E-state index in [1.807, 2.05) is 0 Å². The molecular weight excluding hydrogens is 270 g/mol. The molecule has 1 saturated carbocycles. The third kappa shape index (κ3) is 2.77. The maximum atomic E-state index is 12.5. The lowest BCUT2D eigenvalue weighted by Gasteiger charge is -2.27. The first-order valence-electron chi connectivity index (χ1n) is 7.77. The number of aliphatic hydroxyl groups is 1. The molecule has 2 N–H and O–H groups in total. The van der Waals surface area contributed by atoms with Crippen molar-refractivity contribution >= 4 is 17.2 Å². The average molecular weight is 293 g/mol. The Hall–Kier alpha value is -0.870. The molecular formula is C16H23NO2S. The molecule has 0 spiro atoms. The van der Waals surface area contributed by atoms with Crippen LogP contribution in [0.25, 0.3) is 0 Å². The fraction of sp³-hybridized carbons (Fsp3) is 0.688. The molecule has 1 fully saturated rings. The van der Waals surface area contributed by atoms with Crippen LogP contribution in [0.15, 0.2) is 6.07 Å². The minimum Gasteiger partial charge on any atom is -0.394 e. The van der Waals surface area contributed by atoms with Gasteiger partial charge < -0.3 is 10.4 Å². The van der Waals surface area contributed by atoms with Crippen LogP contribution in [0.3, 0.4) is 0 Å². The Kier molecular flexibility index (Phi) is 4.13. The number of carbonyl (C=O) groups is 1. The van der Waals surface area contributed by atoms with Gasteiger partial charge in [-0.3, -0.25) is 4.79 Å². The molecule has 0 unspecified atom stereocenters. The van der Waals surface area contributed by atoms with Crippen molar-refractivity contribution in [3.05, 3.63) is 21.4 Å². The summed E-state index contributed by atoms with van der Waals surface area (Å²) < 4.78 is 0. The summed E-state index contributed by atoms with van der Waals surface area (Å²) in [7, 11) is 0. The van der Waals surface area contributed by atoms with Crippen LogP contribution in [0.5, 0.6) is 0 Å². The quantitative estimate of drug-likeness (QED) is 0.842. The number of amides is 1. The van der Waals surface area contributed by atoms with Gasteiger partial charge in [-0.25, -0.2) is 0 Å². The van der Waals surface area contributed by atoms with Crippen LogP contribution in [-0.2, 0) is 12.8 Å². The Morgan fingerprint density at radius 1 is 1.20 bits per heavy atom. The van der Waals surface area contributed by atoms with Crippen molar-refractivity contribution < 1.29 is 9.90 Å². The molecule has 0 saturated heterocycles. The van der Waals surface area contributed by atoms with Crippen LogP contribution < -0.4 is 5.32 Å². The first kappa shape index (κ1) is 14.1. The van der Waals surface area contributed by atoms with Gasteiger partial charge in [0, 0.05) is 4.88 Å². The third-order valence-electron chi connectivity index (χ3n) is 4.71. The summed E-state index contributed by atoms with van der Waals surface area (Å²) >= 11 is 1.66. The second kappa shape index (κ2) is 5.86. The molecule has 0 aromatic carbocycles. The number of nitrogens with one attached hydrogen (secondary N) is 1. The predicted molar refractivity (Wildman–Crippen MR) is 81.3 cm³/mol. The molecule has 0 bridgehead atoms. The zero-order chi connectivity index (χ0) is 14.0. The number of rotatable bonds is 3. The van der Waals surface area contributed by atoms with Crippen molar-refractivity contribution in [2.24, 2.45) is 0 Å². The van der Waals surface area contributed by atoms with Gasteiger partial charge >= 0.3 is 0 Å². The number of aliphatic hydroxyl groups excluding tert-OH is 1. The highest BCUT2D eigenvalue weighted by Gasteiger charge is 2.35. The van der Waals surface area contributed by atoms with E-state index in [-0.39, 0.29) is 18.1 Å². The minimum atomic E-state index is -0.363. The Balaban J connectivity index is 1.74. The van der Waals surface area contributed by atoms with Crippen LogP contribution in [-0.4, -0.2) is 23.2 Å². The van der Waals surface area contributed by atoms with E-state index in [4.69, 9.17) is 0 Å². The molecule has 3 rings (SSSR count). The number of hydrogen-bond acceptors (Lipinski definition) is 3. The van der Waals surface area contributed by atoms with Crippen molar-refractivity contribution in [2.75, 3.05) is 6.61 Å². The van der Waals surface area contributed by atoms with E-state index >= 15 is 0 Å². The minimum absolute atomic E-state index is 0.0130. The third-order valence-corrected chi connectivity index (χ3v) is 5.95. The Bertz CT molecular complexity index is 465. The van der Waals surface area contributed by atoms with Gasteiger partial charge in [-0.15, -0.1) is 11.3 Å². The second-order valence-electron chi connectivity index (χ2n) is 6.22. The largest absolute Gasteiger partial charge is 0.394 e. The molecule has 1 amide bonds. The summed E-state index contributed by atoms with van der Waals surface area (Å²) in [5.74, 6) is 0.0130. The summed E-state index contributed by atoms with van der Waals surface area (Å²) in [6.45, 7) is 0.0594. The normalized spacial score (nSPS) is 21.2. The summed E-state index contributed by atoms with van der Waals surface area (Å²) in [6.07, 6.45) is 10.0. The molecule has 2 aliphatic rings. The fourth-order valence-electron chi connectivity index (χ4n) is 3.46. The van der Waals surface area contributed by atoms with Gasteiger partial charge in [0.05, 0.1) is 17.0 Å². The average Bonchev–Trinajstić information content (AvgIpc) is 3.02. The number of fused-ring (bicyclic) bond motifs is 1. The highest BCUT2D eigenvalue weighted by molar-refractivity contribution is 7.14. The van der Waals surface area contributed by atoms with Gasteiger partial charge in [0.15, 0.2) is 0 Å². The predicted octanol–water partition coefficient (Wildman–Crippen LogP) is 3.05. The fourth-order valence-corrected chi connectivity index (χ4v) is 4.61. The molecule has 3 nitrogen and oxygen atoms in total. The SMILES string of the molecule is O=C(NC1(CO)CCCC1)c1cc2c(s1)CCCCC2. The van der Waals surface area contributed by atoms with E-state index < -0.39 is 0 Å². The maximum absolute atomic E-state index is 12.5. The van der Waals surface area contributed by atoms with Crippen molar-refractivity contribution in [2.45, 2.75) is 63.3 Å². The molecule has 0 aliphatic heterocycles. The molecule has 2 aliphatic carbocycles. The van der Waals surface area contributed by atoms with Gasteiger partial charge in [0.25, 0.3) is 5.91 Å². The monoisotopic (exact) mass is 293 g/mol. The molecule has 1 heterocycles. The van der Waals surface area contributed by atoms with Crippen molar-refractivity contribution in [3.8, 4) is 0 Å². The first-order chi connectivity index (χ1) is 9.72. The summed E-state index contributed by atoms with van der Waals surface area (Å²) in [5.41, 5.74) is 1.01. The Morgan fingerprint density at radius 3 is 2.70 bits per heavy atom. The lowest BCUT2D eigenvalue weighted by Crippen LogP contribution is -2.49. The van der Waals surface area contributed by atoms with Crippen LogP contribution in [0.1, 0.15) is 65.1 Å². The van der Waals surface area contributed by atoms with E-state index in [0.29, 0.717) is 0 Å². The van der Waals surface area contributed by atoms with Gasteiger partial charge in [-0.05, 0) is 50.2 Å². The van der Waals surface area contributed by atoms with Crippen LogP contribution in [0, 0.1) is 0 Å². The molecule has 110 valence electrons. The van der Waals surface area contributed by atoms with E-state index in [9.17, 15) is 9.90 Å². The Morgan fingerprint density at radius 2 is 1.95 bits per heavy atom. The lowest BCUT2D eigenvalue weighted by molar-refractivity contribution is 0.0842. The van der Waals surface area contributed by atoms with Crippen LogP contribution in [0.4, 0.5) is 0 Å². The van der Waals surface area contributed by atoms with E-state index in [2.05, 4.69) is 11.4 Å². The number of carbonyl (C=O) groups excluding carboxylic acids is 1. The number of aryl methyl sites for hydroxylation is 2. The van der Waals surface area contributed by atoms with E-state index in [1.54, 1.807) is 11.3 Å². The van der Waals surface area contributed by atoms with Crippen molar-refractivity contribution in [1.29, 1.82) is 0 Å². The summed E-state index contributed by atoms with van der Waals surface area (Å²) in [6, 6.07) is 2.08. The van der Waals surface area contributed by atoms with Gasteiger partial charge in [-0.1, -0.05) is 19.3 Å². The summed E-state index contributed by atoms with van der Waals surface area (Å²) in [4.78, 5) is 14.7. The second-order valence-corrected chi connectivity index (χ2v) is 7.36. The van der Waals surface area contributed by atoms with Crippen molar-refractivity contribution in [1.82, 2.24) is 5.32 Å². The summed E-state index contributed by atoms with van der Waals surface area (Å²) in [5, 5.41) is 12.7. The molecule has 0 radical (unpaired) electrons. The van der Waals surface area contributed by atoms with Gasteiger partial charge in [0.2, 0.25) is 0 Å². The molecule has 1 aromatic rings. The maximum Gasteiger partial charge on any atom is 0.261 e. The van der Waals surface area contributed by atoms with Crippen molar-refractivity contribution in [3.63, 3.8) is 0 Å². The molecule has 20 heavy (non-hydrogen) atoms. The Labute approximate surface area is 124 Å². The highest BCUT2D eigenvalue weighted by atomic mass is 32.1. The van der Waals surface area contributed by atoms with E-state index in [0.717, 1.165) is 43.4 Å². The molecule has 1 aromatic heterocycles. The highest BCUT2D eigenvalue weighted by Crippen LogP contribution is 2.32. The lowest BCUT2D eigenvalue weighted by atomic mass is 9.99. The zero-order valence-corrected chi connectivity index (χ0v) is 12.7. The first-order valence-corrected chi connectivity index (χ1v) is 8.59. The number of thiophene rings is 1. The zero-order valence-electron chi connectivity index (χ0n) is 11.9. The smallest absolute Gasteiger partial charge is 0.261 e. The van der Waals surface area contributed by atoms with Crippen LogP contribution in [0.2, 0.25) is 0 Å². The molecule has 0 atom stereocenters. The van der Waals surface area contributed by atoms with E-state index in [1.165, 1.54) is 29.7 Å². The van der Waals surface area contributed by atoms with Gasteiger partial charge in [-0.2, -0.15) is 0 Å². The standard InChI is InChI=1S/C16H23NO2S/c18-11-16(8-4-5-9-16)17-15(19)14-10-12-6-2-1-3-7-13(12)20-14/h10,18H,1-9,11H2,(H,17,19). The topological polar surface area (TPSA) is 49.3 Å². The van der Waals surface area contributed by atoms with Gasteiger partial charge in [0.1, 0.15) is 0 Å².